The zero-order chi connectivity index (χ0) is 22.5. The van der Waals surface area contributed by atoms with E-state index in [1.165, 1.54) is 4.68 Å². The second-order valence-electron chi connectivity index (χ2n) is 7.16. The fourth-order valence-corrected chi connectivity index (χ4v) is 3.81. The summed E-state index contributed by atoms with van der Waals surface area (Å²) in [4.78, 5) is 17.8. The van der Waals surface area contributed by atoms with E-state index in [9.17, 15) is 4.79 Å². The maximum Gasteiger partial charge on any atom is 0.282 e. The van der Waals surface area contributed by atoms with Crippen LogP contribution in [-0.2, 0) is 6.42 Å². The molecule has 164 valence electrons. The van der Waals surface area contributed by atoms with Crippen molar-refractivity contribution in [3.63, 3.8) is 0 Å². The van der Waals surface area contributed by atoms with Gasteiger partial charge in [-0.2, -0.15) is 9.78 Å². The van der Waals surface area contributed by atoms with Crippen LogP contribution in [0.4, 0.5) is 0 Å². The van der Waals surface area contributed by atoms with Crippen LogP contribution in [0.5, 0.6) is 11.5 Å². The first-order valence-corrected chi connectivity index (χ1v) is 11.8. The van der Waals surface area contributed by atoms with Crippen LogP contribution in [0, 0.1) is 0 Å². The van der Waals surface area contributed by atoms with Gasteiger partial charge in [0.25, 0.3) is 5.56 Å². The molecule has 0 fully saturated rings. The van der Waals surface area contributed by atoms with Crippen molar-refractivity contribution in [2.75, 3.05) is 7.11 Å². The van der Waals surface area contributed by atoms with Crippen LogP contribution < -0.4 is 15.0 Å². The Kier molecular flexibility index (Phi) is 7.89. The highest BCUT2D eigenvalue weighted by Crippen LogP contribution is 2.34. The molecular formula is C23H25Br2N3O3. The number of aromatic nitrogens is 2. The number of ether oxygens (including phenoxy) is 2. The highest BCUT2D eigenvalue weighted by atomic mass is 79.9. The second-order valence-corrected chi connectivity index (χ2v) is 8.93. The van der Waals surface area contributed by atoms with E-state index >= 15 is 0 Å². The molecule has 0 aliphatic heterocycles. The number of hydrogen-bond donors (Lipinski definition) is 0. The fraction of sp³-hybridized carbons (Fsp3) is 0.348. The van der Waals surface area contributed by atoms with Gasteiger partial charge in [-0.3, -0.25) is 4.79 Å². The van der Waals surface area contributed by atoms with E-state index in [1.807, 2.05) is 38.1 Å². The summed E-state index contributed by atoms with van der Waals surface area (Å²) in [6.45, 7) is 6.12. The fourth-order valence-electron chi connectivity index (χ4n) is 3.02. The summed E-state index contributed by atoms with van der Waals surface area (Å²) in [5, 5.41) is 5.01. The number of hydrogen-bond acceptors (Lipinski definition) is 5. The minimum absolute atomic E-state index is 0.0681. The molecule has 1 aromatic heterocycles. The molecule has 0 saturated carbocycles. The van der Waals surface area contributed by atoms with Crippen molar-refractivity contribution in [1.82, 2.24) is 9.66 Å². The van der Waals surface area contributed by atoms with Gasteiger partial charge in [0.2, 0.25) is 0 Å². The van der Waals surface area contributed by atoms with Gasteiger partial charge in [0.05, 0.1) is 30.3 Å². The van der Waals surface area contributed by atoms with Crippen LogP contribution in [0.1, 0.15) is 45.0 Å². The molecule has 0 radical (unpaired) electrons. The van der Waals surface area contributed by atoms with E-state index in [2.05, 4.69) is 48.9 Å². The lowest BCUT2D eigenvalue weighted by Gasteiger charge is -2.16. The Morgan fingerprint density at radius 2 is 1.97 bits per heavy atom. The Labute approximate surface area is 198 Å². The van der Waals surface area contributed by atoms with Gasteiger partial charge in [0, 0.05) is 20.9 Å². The summed E-state index contributed by atoms with van der Waals surface area (Å²) >= 11 is 7.00. The highest BCUT2D eigenvalue weighted by molar-refractivity contribution is 9.10. The lowest BCUT2D eigenvalue weighted by atomic mass is 10.2. The largest absolute Gasteiger partial charge is 0.493 e. The SMILES string of the molecule is CCCc1nc2ccc(Br)cc2c(=O)n1N=Cc1cc(OC)c(O[C@@H](C)CC)cc1Br. The topological polar surface area (TPSA) is 65.7 Å². The maximum atomic E-state index is 13.1. The van der Waals surface area contributed by atoms with Gasteiger partial charge in [-0.05, 0) is 66.0 Å². The molecule has 8 heteroatoms. The minimum atomic E-state index is -0.203. The molecular weight excluding hydrogens is 526 g/mol. The van der Waals surface area contributed by atoms with Crippen molar-refractivity contribution in [3.05, 3.63) is 61.0 Å². The number of aryl methyl sites for hydroxylation is 1. The predicted octanol–water partition coefficient (Wildman–Crippen LogP) is 5.94. The Morgan fingerprint density at radius 1 is 1.19 bits per heavy atom. The maximum absolute atomic E-state index is 13.1. The molecule has 0 aliphatic rings. The highest BCUT2D eigenvalue weighted by Gasteiger charge is 2.13. The number of benzene rings is 2. The Balaban J connectivity index is 2.07. The molecule has 0 unspecified atom stereocenters. The van der Waals surface area contributed by atoms with E-state index < -0.39 is 0 Å². The van der Waals surface area contributed by atoms with Gasteiger partial charge in [0.15, 0.2) is 11.5 Å². The van der Waals surface area contributed by atoms with Crippen LogP contribution in [-0.4, -0.2) is 29.1 Å². The van der Waals surface area contributed by atoms with Gasteiger partial charge in [-0.25, -0.2) is 4.98 Å². The van der Waals surface area contributed by atoms with Gasteiger partial charge >= 0.3 is 0 Å². The van der Waals surface area contributed by atoms with Crippen molar-refractivity contribution >= 4 is 49.0 Å². The monoisotopic (exact) mass is 549 g/mol. The van der Waals surface area contributed by atoms with Gasteiger partial charge < -0.3 is 9.47 Å². The third-order valence-electron chi connectivity index (χ3n) is 4.85. The summed E-state index contributed by atoms with van der Waals surface area (Å²) in [6.07, 6.45) is 4.08. The molecule has 0 saturated heterocycles. The zero-order valence-electron chi connectivity index (χ0n) is 18.0. The smallest absolute Gasteiger partial charge is 0.282 e. The van der Waals surface area contributed by atoms with Crippen molar-refractivity contribution in [1.29, 1.82) is 0 Å². The molecule has 31 heavy (non-hydrogen) atoms. The first kappa shape index (κ1) is 23.5. The van der Waals surface area contributed by atoms with Crippen LogP contribution >= 0.6 is 31.9 Å². The summed E-state index contributed by atoms with van der Waals surface area (Å²) < 4.78 is 14.4. The number of nitrogens with zero attached hydrogens (tertiary/aromatic N) is 3. The first-order chi connectivity index (χ1) is 14.9. The second kappa shape index (κ2) is 10.4. The van der Waals surface area contributed by atoms with Crippen molar-refractivity contribution in [3.8, 4) is 11.5 Å². The molecule has 0 amide bonds. The average Bonchev–Trinajstić information content (AvgIpc) is 2.75. The third-order valence-corrected chi connectivity index (χ3v) is 6.03. The summed E-state index contributed by atoms with van der Waals surface area (Å²) in [7, 11) is 1.60. The first-order valence-electron chi connectivity index (χ1n) is 10.2. The zero-order valence-corrected chi connectivity index (χ0v) is 21.2. The summed E-state index contributed by atoms with van der Waals surface area (Å²) in [5.41, 5.74) is 1.22. The van der Waals surface area contributed by atoms with Crippen LogP contribution in [0.3, 0.4) is 0 Å². The molecule has 0 N–H and O–H groups in total. The normalized spacial score (nSPS) is 12.5. The molecule has 3 aromatic rings. The van der Waals surface area contributed by atoms with Crippen molar-refractivity contribution in [2.24, 2.45) is 5.10 Å². The van der Waals surface area contributed by atoms with Gasteiger partial charge in [0.1, 0.15) is 5.82 Å². The molecule has 1 heterocycles. The Bertz CT molecular complexity index is 1170. The van der Waals surface area contributed by atoms with Crippen LogP contribution in [0.2, 0.25) is 0 Å². The molecule has 1 atom stereocenters. The lowest BCUT2D eigenvalue weighted by molar-refractivity contribution is 0.207. The van der Waals surface area contributed by atoms with Gasteiger partial charge in [-0.1, -0.05) is 29.8 Å². The molecule has 0 bridgehead atoms. The van der Waals surface area contributed by atoms with Gasteiger partial charge in [-0.15, -0.1) is 0 Å². The summed E-state index contributed by atoms with van der Waals surface area (Å²) in [5.74, 6) is 1.88. The minimum Gasteiger partial charge on any atom is -0.493 e. The van der Waals surface area contributed by atoms with E-state index in [0.717, 1.165) is 27.4 Å². The number of methoxy groups -OCH3 is 1. The Morgan fingerprint density at radius 3 is 2.65 bits per heavy atom. The van der Waals surface area contributed by atoms with E-state index in [4.69, 9.17) is 9.47 Å². The molecule has 0 spiro atoms. The molecule has 0 aliphatic carbocycles. The van der Waals surface area contributed by atoms with Crippen molar-refractivity contribution in [2.45, 2.75) is 46.1 Å². The predicted molar refractivity (Wildman–Crippen MR) is 132 cm³/mol. The van der Waals surface area contributed by atoms with E-state index in [0.29, 0.717) is 34.6 Å². The molecule has 3 rings (SSSR count). The summed E-state index contributed by atoms with van der Waals surface area (Å²) in [6, 6.07) is 9.18. The standard InChI is InChI=1S/C23H25Br2N3O3/c1-5-7-22-27-19-9-8-16(24)11-17(19)23(29)28(22)26-13-15-10-20(30-4)21(12-18(15)25)31-14(3)6-2/h8-14H,5-7H2,1-4H3/t14-/m0/s1. The quantitative estimate of drug-likeness (QED) is 0.325. The molecule has 6 nitrogen and oxygen atoms in total. The number of fused-ring (bicyclic) bond motifs is 1. The van der Waals surface area contributed by atoms with Crippen LogP contribution in [0.25, 0.3) is 10.9 Å². The number of rotatable bonds is 8. The Hall–Kier alpha value is -2.19. The lowest BCUT2D eigenvalue weighted by Crippen LogP contribution is -2.22. The number of halogens is 2. The van der Waals surface area contributed by atoms with E-state index in [-0.39, 0.29) is 11.7 Å². The van der Waals surface area contributed by atoms with Crippen molar-refractivity contribution < 1.29 is 9.47 Å². The molecule has 2 aromatic carbocycles. The average molecular weight is 551 g/mol. The third kappa shape index (κ3) is 5.36. The van der Waals surface area contributed by atoms with Crippen LogP contribution in [0.15, 0.2) is 49.2 Å². The van der Waals surface area contributed by atoms with E-state index in [1.54, 1.807) is 19.4 Å².